The maximum Gasteiger partial charge on any atom is 0.271 e. The van der Waals surface area contributed by atoms with E-state index in [-0.39, 0.29) is 27.9 Å². The Morgan fingerprint density at radius 3 is 2.69 bits per heavy atom. The minimum atomic E-state index is -0.623. The third-order valence-corrected chi connectivity index (χ3v) is 3.48. The Bertz CT molecular complexity index is 510. The number of hydrogen-bond donors (Lipinski definition) is 0. The van der Waals surface area contributed by atoms with Crippen molar-refractivity contribution in [2.75, 3.05) is 5.33 Å². The second-order valence-corrected chi connectivity index (χ2v) is 4.42. The van der Waals surface area contributed by atoms with Crippen LogP contribution in [0, 0.1) is 25.0 Å². The van der Waals surface area contributed by atoms with Gasteiger partial charge in [0.15, 0.2) is 5.78 Å². The number of nitriles is 1. The van der Waals surface area contributed by atoms with Crippen molar-refractivity contribution in [2.45, 2.75) is 0 Å². The molecule has 0 spiro atoms. The lowest BCUT2D eigenvalue weighted by molar-refractivity contribution is -0.384. The van der Waals surface area contributed by atoms with E-state index in [1.54, 1.807) is 0 Å². The number of non-ortho nitro benzene ring substituents is 1. The first-order chi connectivity index (χ1) is 7.51. The number of nitro groups is 1. The number of nitro benzene ring substituents is 1. The summed E-state index contributed by atoms with van der Waals surface area (Å²) in [7, 11) is 0. The Labute approximate surface area is 113 Å². The number of carbonyl (C=O) groups excluding carboxylic acids is 1. The van der Waals surface area contributed by atoms with Crippen LogP contribution in [0.25, 0.3) is 0 Å². The van der Waals surface area contributed by atoms with E-state index in [0.29, 0.717) is 3.57 Å². The number of alkyl halides is 1. The second kappa shape index (κ2) is 5.36. The summed E-state index contributed by atoms with van der Waals surface area (Å²) in [5.41, 5.74) is 0.0867. The van der Waals surface area contributed by atoms with Crippen LogP contribution in [0.1, 0.15) is 15.9 Å². The molecule has 0 aliphatic carbocycles. The molecule has 0 unspecified atom stereocenters. The molecule has 0 bridgehead atoms. The molecule has 0 heterocycles. The van der Waals surface area contributed by atoms with E-state index < -0.39 is 4.92 Å². The van der Waals surface area contributed by atoms with Crippen LogP contribution in [0.15, 0.2) is 12.1 Å². The standard InChI is InChI=1S/C9H4BrIN2O3/c10-3-8(14)7-2-6(13(15)16)1-5(4-12)9(7)11/h1-2H,3H2. The van der Waals surface area contributed by atoms with Crippen LogP contribution < -0.4 is 0 Å². The van der Waals surface area contributed by atoms with E-state index in [1.807, 2.05) is 28.7 Å². The molecule has 82 valence electrons. The first-order valence-electron chi connectivity index (χ1n) is 3.98. The largest absolute Gasteiger partial charge is 0.293 e. The summed E-state index contributed by atoms with van der Waals surface area (Å²) < 4.78 is 0.440. The molecule has 1 aromatic rings. The highest BCUT2D eigenvalue weighted by Gasteiger charge is 2.18. The van der Waals surface area contributed by atoms with Gasteiger partial charge in [0.25, 0.3) is 5.69 Å². The van der Waals surface area contributed by atoms with Crippen molar-refractivity contribution in [3.63, 3.8) is 0 Å². The van der Waals surface area contributed by atoms with Crippen LogP contribution in [0.2, 0.25) is 0 Å². The number of nitrogens with zero attached hydrogens (tertiary/aromatic N) is 2. The van der Waals surface area contributed by atoms with Crippen LogP contribution in [-0.4, -0.2) is 16.0 Å². The van der Waals surface area contributed by atoms with Crippen molar-refractivity contribution >= 4 is 50.0 Å². The molecule has 0 radical (unpaired) electrons. The molecule has 0 aromatic heterocycles. The molecule has 0 fully saturated rings. The summed E-state index contributed by atoms with van der Waals surface area (Å²) in [5, 5.41) is 19.5. The lowest BCUT2D eigenvalue weighted by atomic mass is 10.1. The fraction of sp³-hybridized carbons (Fsp3) is 0.111. The highest BCUT2D eigenvalue weighted by atomic mass is 127. The molecular formula is C9H4BrIN2O3. The Kier molecular flexibility index (Phi) is 4.37. The average molecular weight is 395 g/mol. The van der Waals surface area contributed by atoms with Gasteiger partial charge in [-0.05, 0) is 22.6 Å². The van der Waals surface area contributed by atoms with Crippen molar-refractivity contribution in [1.29, 1.82) is 5.26 Å². The Balaban J connectivity index is 3.49. The van der Waals surface area contributed by atoms with Crippen molar-refractivity contribution in [3.8, 4) is 6.07 Å². The fourth-order valence-electron chi connectivity index (χ4n) is 1.07. The number of benzene rings is 1. The molecule has 0 atom stereocenters. The van der Waals surface area contributed by atoms with E-state index in [1.165, 1.54) is 6.07 Å². The maximum atomic E-state index is 11.5. The molecule has 16 heavy (non-hydrogen) atoms. The Hall–Kier alpha value is -1.01. The topological polar surface area (TPSA) is 84.0 Å². The monoisotopic (exact) mass is 394 g/mol. The van der Waals surface area contributed by atoms with Gasteiger partial charge in [-0.3, -0.25) is 14.9 Å². The normalized spacial score (nSPS) is 9.56. The summed E-state index contributed by atoms with van der Waals surface area (Å²) in [6, 6.07) is 4.18. The number of ketones is 1. The zero-order valence-electron chi connectivity index (χ0n) is 7.74. The molecule has 0 amide bonds. The van der Waals surface area contributed by atoms with Crippen LogP contribution in [0.4, 0.5) is 5.69 Å². The molecule has 7 heteroatoms. The zero-order chi connectivity index (χ0) is 12.3. The average Bonchev–Trinajstić information content (AvgIpc) is 2.28. The predicted octanol–water partition coefficient (Wildman–Crippen LogP) is 2.65. The minimum Gasteiger partial charge on any atom is -0.293 e. The van der Waals surface area contributed by atoms with Crippen LogP contribution in [-0.2, 0) is 0 Å². The summed E-state index contributed by atoms with van der Waals surface area (Å²) in [6.07, 6.45) is 0. The lowest BCUT2D eigenvalue weighted by Crippen LogP contribution is -2.05. The van der Waals surface area contributed by atoms with Gasteiger partial charge in [0, 0.05) is 21.3 Å². The minimum absolute atomic E-state index is 0.0645. The first kappa shape index (κ1) is 13.1. The third kappa shape index (κ3) is 2.56. The van der Waals surface area contributed by atoms with Gasteiger partial charge in [0.2, 0.25) is 0 Å². The number of rotatable bonds is 3. The summed E-state index contributed by atoms with van der Waals surface area (Å²) >= 11 is 4.82. The smallest absolute Gasteiger partial charge is 0.271 e. The molecule has 0 N–H and O–H groups in total. The SMILES string of the molecule is N#Cc1cc([N+](=O)[O-])cc(C(=O)CBr)c1I. The zero-order valence-corrected chi connectivity index (χ0v) is 11.5. The summed E-state index contributed by atoms with van der Waals surface area (Å²) in [5.74, 6) is -0.287. The van der Waals surface area contributed by atoms with Gasteiger partial charge in [-0.2, -0.15) is 5.26 Å². The van der Waals surface area contributed by atoms with Crippen molar-refractivity contribution in [3.05, 3.63) is 36.9 Å². The van der Waals surface area contributed by atoms with Gasteiger partial charge < -0.3 is 0 Å². The number of carbonyl (C=O) groups is 1. The predicted molar refractivity (Wildman–Crippen MR) is 68.7 cm³/mol. The van der Waals surface area contributed by atoms with E-state index in [2.05, 4.69) is 15.9 Å². The van der Waals surface area contributed by atoms with Gasteiger partial charge in [-0.25, -0.2) is 0 Å². The second-order valence-electron chi connectivity index (χ2n) is 2.78. The Morgan fingerprint density at radius 2 is 2.25 bits per heavy atom. The van der Waals surface area contributed by atoms with Gasteiger partial charge in [0.1, 0.15) is 6.07 Å². The van der Waals surface area contributed by atoms with Gasteiger partial charge in [-0.15, -0.1) is 0 Å². The van der Waals surface area contributed by atoms with Crippen LogP contribution in [0.3, 0.4) is 0 Å². The number of halogens is 2. The van der Waals surface area contributed by atoms with E-state index in [0.717, 1.165) is 6.07 Å². The number of hydrogen-bond acceptors (Lipinski definition) is 4. The molecule has 0 aliphatic heterocycles. The van der Waals surface area contributed by atoms with E-state index >= 15 is 0 Å². The molecule has 0 saturated heterocycles. The van der Waals surface area contributed by atoms with Crippen molar-refractivity contribution in [2.24, 2.45) is 0 Å². The molecule has 0 saturated carbocycles. The van der Waals surface area contributed by atoms with Crippen molar-refractivity contribution in [1.82, 2.24) is 0 Å². The summed E-state index contributed by atoms with van der Waals surface area (Å²) in [6.45, 7) is 0. The molecule has 5 nitrogen and oxygen atoms in total. The fourth-order valence-corrected chi connectivity index (χ4v) is 2.11. The lowest BCUT2D eigenvalue weighted by Gasteiger charge is -2.03. The van der Waals surface area contributed by atoms with E-state index in [4.69, 9.17) is 5.26 Å². The third-order valence-electron chi connectivity index (χ3n) is 1.81. The van der Waals surface area contributed by atoms with Crippen molar-refractivity contribution < 1.29 is 9.72 Å². The van der Waals surface area contributed by atoms with Gasteiger partial charge >= 0.3 is 0 Å². The van der Waals surface area contributed by atoms with Gasteiger partial charge in [-0.1, -0.05) is 15.9 Å². The molecular weight excluding hydrogens is 391 g/mol. The Morgan fingerprint density at radius 1 is 1.62 bits per heavy atom. The maximum absolute atomic E-state index is 11.5. The van der Waals surface area contributed by atoms with Gasteiger partial charge in [0.05, 0.1) is 15.8 Å². The molecule has 1 aromatic carbocycles. The molecule has 0 aliphatic rings. The highest BCUT2D eigenvalue weighted by molar-refractivity contribution is 14.1. The van der Waals surface area contributed by atoms with Crippen LogP contribution >= 0.6 is 38.5 Å². The number of Topliss-reactive ketones (excluding diaryl/α,β-unsaturated/α-hetero) is 1. The highest BCUT2D eigenvalue weighted by Crippen LogP contribution is 2.24. The quantitative estimate of drug-likeness (QED) is 0.259. The van der Waals surface area contributed by atoms with E-state index in [9.17, 15) is 14.9 Å². The van der Waals surface area contributed by atoms with Crippen LogP contribution in [0.5, 0.6) is 0 Å². The summed E-state index contributed by atoms with van der Waals surface area (Å²) in [4.78, 5) is 21.5. The first-order valence-corrected chi connectivity index (χ1v) is 6.18. The molecule has 1 rings (SSSR count).